The molecule has 1 spiro atoms. The minimum absolute atomic E-state index is 0.0185. The highest BCUT2D eigenvalue weighted by Crippen LogP contribution is 2.64. The summed E-state index contributed by atoms with van der Waals surface area (Å²) >= 11 is 0. The molecule has 0 aliphatic heterocycles. The van der Waals surface area contributed by atoms with Crippen molar-refractivity contribution in [3.8, 4) is 0 Å². The molecule has 24 heavy (non-hydrogen) atoms. The second-order valence-corrected chi connectivity index (χ2v) is 8.83. The van der Waals surface area contributed by atoms with Crippen LogP contribution in [0, 0.1) is 16.7 Å². The smallest absolute Gasteiger partial charge is 0.309 e. The van der Waals surface area contributed by atoms with E-state index < -0.39 is 17.3 Å². The molecule has 4 nitrogen and oxygen atoms in total. The first-order valence-electron chi connectivity index (χ1n) is 9.13. The maximum Gasteiger partial charge on any atom is 0.309 e. The number of carbonyl (C=O) groups excluding carboxylic acids is 1. The Morgan fingerprint density at radius 2 is 1.42 bits per heavy atom. The molecule has 0 heterocycles. The van der Waals surface area contributed by atoms with Gasteiger partial charge in [0.1, 0.15) is 0 Å². The van der Waals surface area contributed by atoms with Gasteiger partial charge in [0.05, 0.1) is 5.41 Å². The number of carboxylic acid groups (broad SMARTS) is 1. The summed E-state index contributed by atoms with van der Waals surface area (Å²) < 4.78 is 26.7. The van der Waals surface area contributed by atoms with Gasteiger partial charge in [0.25, 0.3) is 0 Å². The standard InChI is InChI=1S/C18H25F2NO3/c19-18(20)9-4-16(5-10-18)11-12(16)13(22)21-17-6-1-15(2-7-17,3-8-17)14(23)24/h12H,1-11H2,(H,21,22)(H,23,24). The largest absolute Gasteiger partial charge is 0.481 e. The average Bonchev–Trinajstić information content (AvgIpc) is 3.27. The predicted octanol–water partition coefficient (Wildman–Crippen LogP) is 3.50. The van der Waals surface area contributed by atoms with E-state index >= 15 is 0 Å². The number of hydrogen-bond donors (Lipinski definition) is 2. The van der Waals surface area contributed by atoms with Crippen molar-refractivity contribution in [3.05, 3.63) is 0 Å². The van der Waals surface area contributed by atoms with E-state index in [1.54, 1.807) is 0 Å². The van der Waals surface area contributed by atoms with Crippen molar-refractivity contribution in [3.63, 3.8) is 0 Å². The van der Waals surface area contributed by atoms with Crippen LogP contribution in [-0.2, 0) is 9.59 Å². The zero-order chi connectivity index (χ0) is 17.2. The van der Waals surface area contributed by atoms with Crippen LogP contribution in [0.1, 0.15) is 70.6 Å². The fourth-order valence-corrected chi connectivity index (χ4v) is 5.43. The molecule has 1 atom stereocenters. The van der Waals surface area contributed by atoms with E-state index in [4.69, 9.17) is 0 Å². The molecule has 6 heteroatoms. The van der Waals surface area contributed by atoms with Gasteiger partial charge in [0.15, 0.2) is 0 Å². The van der Waals surface area contributed by atoms with Crippen molar-refractivity contribution in [1.82, 2.24) is 5.32 Å². The summed E-state index contributed by atoms with van der Waals surface area (Å²) in [6.07, 6.45) is 5.52. The lowest BCUT2D eigenvalue weighted by Crippen LogP contribution is -2.58. The zero-order valence-electron chi connectivity index (χ0n) is 13.9. The van der Waals surface area contributed by atoms with Crippen LogP contribution >= 0.6 is 0 Å². The number of halogens is 2. The number of rotatable bonds is 3. The first kappa shape index (κ1) is 16.3. The summed E-state index contributed by atoms with van der Waals surface area (Å²) in [6.45, 7) is 0. The molecule has 5 aliphatic rings. The molecule has 5 rings (SSSR count). The molecular weight excluding hydrogens is 316 g/mol. The van der Waals surface area contributed by atoms with Gasteiger partial charge in [-0.05, 0) is 63.2 Å². The Labute approximate surface area is 140 Å². The molecule has 2 bridgehead atoms. The SMILES string of the molecule is O=C(NC12CCC(C(=O)O)(CC1)CC2)C1CC12CCC(F)(F)CC2. The number of alkyl halides is 2. The molecule has 0 radical (unpaired) electrons. The number of carbonyl (C=O) groups is 2. The van der Waals surface area contributed by atoms with Crippen LogP contribution in [0.5, 0.6) is 0 Å². The second kappa shape index (κ2) is 4.92. The molecule has 0 aromatic heterocycles. The molecule has 0 saturated heterocycles. The highest BCUT2D eigenvalue weighted by Gasteiger charge is 2.62. The van der Waals surface area contributed by atoms with E-state index in [0.29, 0.717) is 32.1 Å². The van der Waals surface area contributed by atoms with E-state index in [2.05, 4.69) is 5.32 Å². The first-order valence-corrected chi connectivity index (χ1v) is 9.13. The lowest BCUT2D eigenvalue weighted by molar-refractivity contribution is -0.157. The predicted molar refractivity (Wildman–Crippen MR) is 82.6 cm³/mol. The molecule has 134 valence electrons. The lowest BCUT2D eigenvalue weighted by Gasteiger charge is -2.51. The summed E-state index contributed by atoms with van der Waals surface area (Å²) in [5.74, 6) is -3.35. The number of aliphatic carboxylic acids is 1. The van der Waals surface area contributed by atoms with Crippen LogP contribution in [0.2, 0.25) is 0 Å². The average molecular weight is 341 g/mol. The molecule has 1 amide bonds. The summed E-state index contributed by atoms with van der Waals surface area (Å²) in [5, 5.41) is 12.6. The van der Waals surface area contributed by atoms with Gasteiger partial charge in [-0.3, -0.25) is 9.59 Å². The molecule has 5 saturated carbocycles. The summed E-state index contributed by atoms with van der Waals surface area (Å²) in [4.78, 5) is 24.2. The maximum absolute atomic E-state index is 13.4. The van der Waals surface area contributed by atoms with Gasteiger partial charge in [-0.1, -0.05) is 0 Å². The molecule has 5 fully saturated rings. The molecule has 0 aromatic carbocycles. The Hall–Kier alpha value is -1.20. The van der Waals surface area contributed by atoms with Gasteiger partial charge in [0.2, 0.25) is 11.8 Å². The first-order chi connectivity index (χ1) is 11.2. The van der Waals surface area contributed by atoms with Crippen molar-refractivity contribution >= 4 is 11.9 Å². The Kier molecular flexibility index (Phi) is 3.33. The highest BCUT2D eigenvalue weighted by molar-refractivity contribution is 5.83. The Balaban J connectivity index is 1.36. The van der Waals surface area contributed by atoms with Gasteiger partial charge < -0.3 is 10.4 Å². The normalized spacial score (nSPS) is 41.8. The third-order valence-electron chi connectivity index (χ3n) is 7.57. The second-order valence-electron chi connectivity index (χ2n) is 8.83. The quantitative estimate of drug-likeness (QED) is 0.826. The van der Waals surface area contributed by atoms with Crippen LogP contribution in [0.25, 0.3) is 0 Å². The van der Waals surface area contributed by atoms with Gasteiger partial charge in [-0.25, -0.2) is 8.78 Å². The van der Waals surface area contributed by atoms with Crippen molar-refractivity contribution < 1.29 is 23.5 Å². The van der Waals surface area contributed by atoms with Crippen LogP contribution in [-0.4, -0.2) is 28.4 Å². The van der Waals surface area contributed by atoms with Gasteiger partial charge in [-0.15, -0.1) is 0 Å². The topological polar surface area (TPSA) is 66.4 Å². The minimum Gasteiger partial charge on any atom is -0.481 e. The Bertz CT molecular complexity index is 554. The number of nitrogens with one attached hydrogen (secondary N) is 1. The molecular formula is C18H25F2NO3. The fourth-order valence-electron chi connectivity index (χ4n) is 5.43. The fraction of sp³-hybridized carbons (Fsp3) is 0.889. The maximum atomic E-state index is 13.4. The number of amides is 1. The van der Waals surface area contributed by atoms with Crippen molar-refractivity contribution in [2.45, 2.75) is 82.1 Å². The van der Waals surface area contributed by atoms with E-state index in [0.717, 1.165) is 25.7 Å². The summed E-state index contributed by atoms with van der Waals surface area (Å²) in [5.41, 5.74) is -1.02. The van der Waals surface area contributed by atoms with Crippen LogP contribution in [0.3, 0.4) is 0 Å². The van der Waals surface area contributed by atoms with E-state index in [1.165, 1.54) is 0 Å². The van der Waals surface area contributed by atoms with Crippen LogP contribution in [0.15, 0.2) is 0 Å². The number of carboxylic acids is 1. The third-order valence-corrected chi connectivity index (χ3v) is 7.57. The summed E-state index contributed by atoms with van der Waals surface area (Å²) in [6, 6.07) is 0. The van der Waals surface area contributed by atoms with Gasteiger partial charge in [-0.2, -0.15) is 0 Å². The molecule has 5 aliphatic carbocycles. The van der Waals surface area contributed by atoms with Crippen molar-refractivity contribution in [2.24, 2.45) is 16.7 Å². The van der Waals surface area contributed by atoms with E-state index in [9.17, 15) is 23.5 Å². The van der Waals surface area contributed by atoms with Gasteiger partial charge in [0, 0.05) is 24.3 Å². The summed E-state index contributed by atoms with van der Waals surface area (Å²) in [7, 11) is 0. The van der Waals surface area contributed by atoms with Crippen molar-refractivity contribution in [1.29, 1.82) is 0 Å². The zero-order valence-corrected chi connectivity index (χ0v) is 13.9. The lowest BCUT2D eigenvalue weighted by atomic mass is 9.57. The highest BCUT2D eigenvalue weighted by atomic mass is 19.3. The molecule has 0 aromatic rings. The minimum atomic E-state index is -2.56. The molecule has 2 N–H and O–H groups in total. The Morgan fingerprint density at radius 1 is 0.875 bits per heavy atom. The Morgan fingerprint density at radius 3 is 1.92 bits per heavy atom. The van der Waals surface area contributed by atoms with Crippen LogP contribution < -0.4 is 5.32 Å². The molecule has 1 unspecified atom stereocenters. The van der Waals surface area contributed by atoms with Crippen LogP contribution in [0.4, 0.5) is 8.78 Å². The van der Waals surface area contributed by atoms with Crippen molar-refractivity contribution in [2.75, 3.05) is 0 Å². The van der Waals surface area contributed by atoms with E-state index in [1.807, 2.05) is 0 Å². The number of fused-ring (bicyclic) bond motifs is 3. The monoisotopic (exact) mass is 341 g/mol. The number of hydrogen-bond acceptors (Lipinski definition) is 2. The van der Waals surface area contributed by atoms with E-state index in [-0.39, 0.29) is 35.6 Å². The van der Waals surface area contributed by atoms with Gasteiger partial charge >= 0.3 is 5.97 Å². The third kappa shape index (κ3) is 2.44.